The zero-order chi connectivity index (χ0) is 52.0. The molecule has 70 heavy (non-hydrogen) atoms. The molecule has 1 aromatic heterocycles. The maximum Gasteiger partial charge on any atom is 0.524 e. The van der Waals surface area contributed by atoms with Gasteiger partial charge in [-0.25, -0.2) is 9.55 Å². The van der Waals surface area contributed by atoms with Crippen molar-refractivity contribution in [1.29, 1.82) is 0 Å². The SMILES string of the molecule is CC[C@H](C)C(CC(=O)[C@H]1CCCCN1C)C(=O)N(C)[C@H](C[C@@H](OC(C)=O)c1nc(C(=O)N[C@@H](Cc2ccc(OP(=O)(O)O)c(NC(=O)CCCCN3C(=O)C=CC3=O)c2)CC(C)C(=O)O)cs1)C(C)C. The number of anilines is 1. The van der Waals surface area contributed by atoms with Gasteiger partial charge in [0.25, 0.3) is 17.7 Å². The van der Waals surface area contributed by atoms with E-state index in [1.165, 1.54) is 37.4 Å². The van der Waals surface area contributed by atoms with E-state index >= 15 is 0 Å². The molecule has 0 aliphatic carbocycles. The number of carbonyl (C=O) groups excluding carboxylic acids is 7. The number of hydrogen-bond donors (Lipinski definition) is 5. The van der Waals surface area contributed by atoms with Crippen LogP contribution < -0.4 is 15.2 Å². The number of phosphoric ester groups is 1. The fourth-order valence-electron chi connectivity index (χ4n) is 8.81. The molecule has 20 nitrogen and oxygen atoms in total. The molecule has 0 saturated carbocycles. The Hall–Kier alpha value is -5.34. The molecule has 386 valence electrons. The highest BCUT2D eigenvalue weighted by Gasteiger charge is 2.38. The first-order valence-electron chi connectivity index (χ1n) is 23.8. The van der Waals surface area contributed by atoms with Crippen LogP contribution in [0, 0.1) is 23.7 Å². The number of benzene rings is 1. The van der Waals surface area contributed by atoms with Gasteiger partial charge in [-0.05, 0) is 81.6 Å². The smallest absolute Gasteiger partial charge is 0.481 e. The molecule has 2 aliphatic heterocycles. The van der Waals surface area contributed by atoms with Crippen molar-refractivity contribution in [2.75, 3.05) is 32.5 Å². The minimum atomic E-state index is -5.10. The summed E-state index contributed by atoms with van der Waals surface area (Å²) in [5.41, 5.74) is 0.259. The number of carbonyl (C=O) groups is 8. The number of esters is 1. The Morgan fingerprint density at radius 3 is 2.30 bits per heavy atom. The van der Waals surface area contributed by atoms with Gasteiger partial charge in [0.2, 0.25) is 11.8 Å². The number of aliphatic carboxylic acids is 1. The number of thiazole rings is 1. The molecular weight excluding hydrogens is 948 g/mol. The number of carboxylic acid groups (broad SMARTS) is 1. The fourth-order valence-corrected chi connectivity index (χ4v) is 10.1. The molecule has 22 heteroatoms. The average Bonchev–Trinajstić information content (AvgIpc) is 3.91. The Balaban J connectivity index is 1.52. The molecule has 0 bridgehead atoms. The summed E-state index contributed by atoms with van der Waals surface area (Å²) in [6.07, 6.45) is 5.44. The number of piperidine rings is 1. The van der Waals surface area contributed by atoms with Crippen molar-refractivity contribution in [3.8, 4) is 5.75 Å². The zero-order valence-electron chi connectivity index (χ0n) is 41.3. The summed E-state index contributed by atoms with van der Waals surface area (Å²) in [5.74, 6) is -6.07. The van der Waals surface area contributed by atoms with Gasteiger partial charge in [-0.2, -0.15) is 0 Å². The van der Waals surface area contributed by atoms with Gasteiger partial charge in [0, 0.05) is 75.3 Å². The van der Waals surface area contributed by atoms with Crippen molar-refractivity contribution in [2.24, 2.45) is 23.7 Å². The van der Waals surface area contributed by atoms with E-state index in [2.05, 4.69) is 20.5 Å². The second-order valence-electron chi connectivity index (χ2n) is 18.7. The molecule has 7 atom stereocenters. The predicted octanol–water partition coefficient (Wildman–Crippen LogP) is 5.68. The molecule has 2 aromatic rings. The number of nitrogens with one attached hydrogen (secondary N) is 2. The number of likely N-dealkylation sites (tertiary alicyclic amines) is 1. The second-order valence-corrected chi connectivity index (χ2v) is 20.8. The number of ether oxygens (including phenoxy) is 1. The number of rotatable bonds is 27. The molecule has 2 aliphatic rings. The highest BCUT2D eigenvalue weighted by molar-refractivity contribution is 7.46. The Labute approximate surface area is 413 Å². The van der Waals surface area contributed by atoms with E-state index < -0.39 is 73.4 Å². The van der Waals surface area contributed by atoms with Crippen molar-refractivity contribution in [3.05, 3.63) is 52.0 Å². The highest BCUT2D eigenvalue weighted by Crippen LogP contribution is 2.42. The Kier molecular flexibility index (Phi) is 21.4. The normalized spacial score (nSPS) is 17.9. The first-order valence-corrected chi connectivity index (χ1v) is 26.2. The predicted molar refractivity (Wildman–Crippen MR) is 259 cm³/mol. The van der Waals surface area contributed by atoms with Crippen LogP contribution >= 0.6 is 19.2 Å². The lowest BCUT2D eigenvalue weighted by molar-refractivity contribution is -0.150. The third kappa shape index (κ3) is 16.9. The number of imide groups is 1. The first kappa shape index (κ1) is 57.2. The van der Waals surface area contributed by atoms with E-state index in [9.17, 15) is 57.8 Å². The van der Waals surface area contributed by atoms with Gasteiger partial charge in [0.1, 0.15) is 10.7 Å². The first-order chi connectivity index (χ1) is 32.9. The molecule has 1 fully saturated rings. The van der Waals surface area contributed by atoms with E-state index in [0.717, 1.165) is 54.2 Å². The van der Waals surface area contributed by atoms with Crippen LogP contribution in [0.3, 0.4) is 0 Å². The molecule has 4 rings (SSSR count). The van der Waals surface area contributed by atoms with Crippen LogP contribution in [0.2, 0.25) is 0 Å². The van der Waals surface area contributed by atoms with Gasteiger partial charge in [-0.3, -0.25) is 57.9 Å². The summed E-state index contributed by atoms with van der Waals surface area (Å²) < 4.78 is 22.5. The Bertz CT molecular complexity index is 2280. The number of carboxylic acids is 1. The molecule has 0 radical (unpaired) electrons. The molecule has 0 spiro atoms. The number of likely N-dealkylation sites (N-methyl/N-ethyl adjacent to an activating group) is 1. The maximum atomic E-state index is 14.4. The summed E-state index contributed by atoms with van der Waals surface area (Å²) in [6, 6.07) is 2.50. The summed E-state index contributed by atoms with van der Waals surface area (Å²) in [7, 11) is -1.46. The van der Waals surface area contributed by atoms with Gasteiger partial charge in [-0.15, -0.1) is 11.3 Å². The van der Waals surface area contributed by atoms with Gasteiger partial charge >= 0.3 is 19.8 Å². The van der Waals surface area contributed by atoms with Gasteiger partial charge in [0.15, 0.2) is 17.6 Å². The number of phosphoric acid groups is 1. The third-order valence-electron chi connectivity index (χ3n) is 13.0. The number of aromatic nitrogens is 1. The molecular formula is C48H69N6O14PS. The monoisotopic (exact) mass is 1020 g/mol. The quantitative estimate of drug-likeness (QED) is 0.0311. The van der Waals surface area contributed by atoms with Crippen LogP contribution in [-0.2, 0) is 49.3 Å². The number of Topliss-reactive ketones (excluding diaryl/α,β-unsaturated/α-hetero) is 1. The molecule has 5 N–H and O–H groups in total. The maximum absolute atomic E-state index is 14.4. The van der Waals surface area contributed by atoms with E-state index in [1.54, 1.807) is 11.9 Å². The number of amides is 5. The molecule has 3 heterocycles. The van der Waals surface area contributed by atoms with Crippen LogP contribution in [0.5, 0.6) is 5.75 Å². The lowest BCUT2D eigenvalue weighted by Gasteiger charge is -2.37. The van der Waals surface area contributed by atoms with Crippen molar-refractivity contribution in [3.63, 3.8) is 0 Å². The summed E-state index contributed by atoms with van der Waals surface area (Å²) in [5, 5.41) is 17.0. The average molecular weight is 1020 g/mol. The minimum Gasteiger partial charge on any atom is -0.481 e. The zero-order valence-corrected chi connectivity index (χ0v) is 43.0. The largest absolute Gasteiger partial charge is 0.524 e. The van der Waals surface area contributed by atoms with E-state index in [4.69, 9.17) is 9.26 Å². The number of hydrogen-bond acceptors (Lipinski definition) is 14. The summed E-state index contributed by atoms with van der Waals surface area (Å²) >= 11 is 1.07. The van der Waals surface area contributed by atoms with E-state index in [1.807, 2.05) is 34.7 Å². The highest BCUT2D eigenvalue weighted by atomic mass is 32.1. The van der Waals surface area contributed by atoms with Crippen LogP contribution in [0.4, 0.5) is 5.69 Å². The van der Waals surface area contributed by atoms with Crippen molar-refractivity contribution >= 4 is 72.1 Å². The van der Waals surface area contributed by atoms with Crippen LogP contribution in [0.25, 0.3) is 0 Å². The minimum absolute atomic E-state index is 0.0154. The standard InChI is InChI=1S/C48H69N6O14PS/c1-9-29(4)34(25-39(56)37-14-10-12-20-52(37)7)47(61)53(8)38(28(2)3)26-41(67-31(6)55)46-51-36(27-70-46)45(60)49-33(22-30(5)48(62)63)23-32-16-17-40(68-69(64,65)66)35(24-32)50-42(57)15-11-13-21-54-43(58)18-19-44(54)59/h16-19,24,27-30,33-34,37-38,41H,9-15,20-23,25-26H2,1-8H3,(H,49,60)(H,50,57)(H,62,63)(H2,64,65,66)/t29-,30?,33+,34?,37+,38+,41+/m0/s1. The van der Waals surface area contributed by atoms with Crippen LogP contribution in [-0.4, -0.2) is 127 Å². The van der Waals surface area contributed by atoms with Gasteiger partial charge in [-0.1, -0.05) is 53.5 Å². The van der Waals surface area contributed by atoms with E-state index in [0.29, 0.717) is 18.4 Å². The van der Waals surface area contributed by atoms with Gasteiger partial charge in [0.05, 0.1) is 17.6 Å². The topological polar surface area (TPSA) is 279 Å². The fraction of sp³-hybridized carbons (Fsp3) is 0.604. The number of nitrogens with zero attached hydrogens (tertiary/aromatic N) is 4. The van der Waals surface area contributed by atoms with Crippen LogP contribution in [0.1, 0.15) is 133 Å². The molecule has 5 amide bonds. The molecule has 1 saturated heterocycles. The van der Waals surface area contributed by atoms with Gasteiger partial charge < -0.3 is 29.9 Å². The summed E-state index contributed by atoms with van der Waals surface area (Å²) in [6.45, 7) is 11.5. The van der Waals surface area contributed by atoms with Crippen molar-refractivity contribution in [2.45, 2.75) is 136 Å². The number of ketones is 1. The lowest BCUT2D eigenvalue weighted by atomic mass is 9.83. The Morgan fingerprint density at radius 1 is 1.01 bits per heavy atom. The van der Waals surface area contributed by atoms with E-state index in [-0.39, 0.29) is 96.8 Å². The third-order valence-corrected chi connectivity index (χ3v) is 14.3. The summed E-state index contributed by atoms with van der Waals surface area (Å²) in [4.78, 5) is 132. The van der Waals surface area contributed by atoms with Crippen molar-refractivity contribution in [1.82, 2.24) is 25.0 Å². The van der Waals surface area contributed by atoms with Crippen LogP contribution in [0.15, 0.2) is 35.7 Å². The molecule has 2 unspecified atom stereocenters. The molecule has 1 aromatic carbocycles. The van der Waals surface area contributed by atoms with Crippen molar-refractivity contribution < 1.29 is 67.1 Å². The lowest BCUT2D eigenvalue weighted by Crippen LogP contribution is -2.48. The number of unbranched alkanes of at least 4 members (excludes halogenated alkanes) is 1. The second kappa shape index (κ2) is 26.2. The Morgan fingerprint density at radius 2 is 1.70 bits per heavy atom.